The molecule has 7 fully saturated rings. The number of alkyl halides is 1. The number of aromatic nitrogens is 4. The molecule has 42 heavy (non-hydrogen) atoms. The number of rotatable bonds is 7. The molecule has 0 spiro atoms. The fraction of sp³-hybridized carbons (Fsp3) is 0.667. The Hall–Kier alpha value is -3.10. The monoisotopic (exact) mass is 573 g/mol. The van der Waals surface area contributed by atoms with Crippen LogP contribution in [-0.4, -0.2) is 38.4 Å². The van der Waals surface area contributed by atoms with E-state index in [0.29, 0.717) is 43.4 Å². The van der Waals surface area contributed by atoms with Crippen molar-refractivity contribution < 1.29 is 18.2 Å². The van der Waals surface area contributed by atoms with Crippen molar-refractivity contribution in [3.8, 4) is 11.4 Å². The second kappa shape index (κ2) is 8.29. The van der Waals surface area contributed by atoms with E-state index in [4.69, 9.17) is 19.0 Å². The van der Waals surface area contributed by atoms with Gasteiger partial charge in [-0.1, -0.05) is 50.1 Å². The van der Waals surface area contributed by atoms with Gasteiger partial charge in [0.25, 0.3) is 0 Å². The Morgan fingerprint density at radius 3 is 2.24 bits per heavy atom. The van der Waals surface area contributed by atoms with Crippen molar-refractivity contribution in [2.75, 3.05) is 11.4 Å². The summed E-state index contributed by atoms with van der Waals surface area (Å²) in [6.45, 7) is 9.07. The minimum Gasteiger partial charge on any atom is -0.339 e. The van der Waals surface area contributed by atoms with Gasteiger partial charge in [0, 0.05) is 34.0 Å². The van der Waals surface area contributed by atoms with E-state index in [1.807, 2.05) is 29.2 Å². The van der Waals surface area contributed by atoms with Crippen molar-refractivity contribution in [1.29, 1.82) is 0 Å². The molecule has 0 N–H and O–H groups in total. The third kappa shape index (κ3) is 3.94. The first-order chi connectivity index (χ1) is 19.8. The van der Waals surface area contributed by atoms with Gasteiger partial charge in [0.05, 0.1) is 5.41 Å². The molecule has 0 aliphatic heterocycles. The van der Waals surface area contributed by atoms with E-state index in [-0.39, 0.29) is 27.6 Å². The number of nitrogens with zero attached hydrogens (tertiary/aromatic N) is 5. The van der Waals surface area contributed by atoms with E-state index >= 15 is 0 Å². The molecule has 3 aromatic rings. The third-order valence-electron chi connectivity index (χ3n) is 11.5. The summed E-state index contributed by atoms with van der Waals surface area (Å²) in [5.41, 5.74) is -0.237. The zero-order valence-electron chi connectivity index (χ0n) is 25.1. The van der Waals surface area contributed by atoms with Crippen molar-refractivity contribution in [3.63, 3.8) is 0 Å². The summed E-state index contributed by atoms with van der Waals surface area (Å²) in [5.74, 6) is 2.84. The predicted molar refractivity (Wildman–Crippen MR) is 154 cm³/mol. The topological polar surface area (TPSA) is 98.2 Å². The molecule has 0 saturated heterocycles. The Morgan fingerprint density at radius 2 is 1.64 bits per heavy atom. The molecule has 222 valence electrons. The van der Waals surface area contributed by atoms with Crippen LogP contribution in [0.3, 0.4) is 0 Å². The van der Waals surface area contributed by atoms with E-state index in [1.54, 1.807) is 0 Å². The molecule has 1 aromatic carbocycles. The van der Waals surface area contributed by atoms with E-state index < -0.39 is 11.1 Å². The number of carbonyl (C=O) groups is 1. The number of carbonyl (C=O) groups excluding carboxylic acids is 1. The van der Waals surface area contributed by atoms with Crippen LogP contribution in [0, 0.1) is 10.8 Å². The average Bonchev–Trinajstić information content (AvgIpc) is 3.35. The molecule has 7 aliphatic rings. The largest absolute Gasteiger partial charge is 0.339 e. The Kier molecular flexibility index (Phi) is 5.23. The SMILES string of the molecule is CC(C)(C)c1nc(C23CCC(CN(C(=O)C45CC(F)(C4)C5)c4cccc(-c5noc(C6(C)CC6)n5)c4)(CC2)CC3)no1. The molecule has 7 aliphatic carbocycles. The van der Waals surface area contributed by atoms with Gasteiger partial charge < -0.3 is 13.9 Å². The maximum absolute atomic E-state index is 14.6. The Bertz CT molecular complexity index is 1540. The van der Waals surface area contributed by atoms with E-state index in [9.17, 15) is 9.18 Å². The molecular formula is C33H40FN5O3. The summed E-state index contributed by atoms with van der Waals surface area (Å²) in [5, 5.41) is 8.73. The van der Waals surface area contributed by atoms with Crippen LogP contribution in [0.1, 0.15) is 116 Å². The number of amides is 1. The van der Waals surface area contributed by atoms with Crippen molar-refractivity contribution >= 4 is 11.6 Å². The summed E-state index contributed by atoms with van der Waals surface area (Å²) < 4.78 is 25.9. The van der Waals surface area contributed by atoms with Crippen LogP contribution >= 0.6 is 0 Å². The molecule has 8 nitrogen and oxygen atoms in total. The first-order valence-corrected chi connectivity index (χ1v) is 15.6. The zero-order chi connectivity index (χ0) is 29.2. The zero-order valence-corrected chi connectivity index (χ0v) is 25.1. The lowest BCUT2D eigenvalue weighted by Gasteiger charge is -2.65. The van der Waals surface area contributed by atoms with Gasteiger partial charge in [0.2, 0.25) is 23.5 Å². The highest BCUT2D eigenvalue weighted by molar-refractivity contribution is 6.00. The molecule has 0 unspecified atom stereocenters. The van der Waals surface area contributed by atoms with Gasteiger partial charge in [0.1, 0.15) is 5.67 Å². The molecule has 1 amide bonds. The van der Waals surface area contributed by atoms with Crippen LogP contribution in [0.25, 0.3) is 11.4 Å². The summed E-state index contributed by atoms with van der Waals surface area (Å²) in [7, 11) is 0. The van der Waals surface area contributed by atoms with Crippen LogP contribution in [-0.2, 0) is 21.0 Å². The molecule has 9 heteroatoms. The highest BCUT2D eigenvalue weighted by atomic mass is 19.1. The van der Waals surface area contributed by atoms with Crippen LogP contribution < -0.4 is 4.90 Å². The highest BCUT2D eigenvalue weighted by Gasteiger charge is 2.73. The molecule has 0 atom stereocenters. The quantitative estimate of drug-likeness (QED) is 0.301. The summed E-state index contributed by atoms with van der Waals surface area (Å²) in [4.78, 5) is 25.8. The van der Waals surface area contributed by atoms with Crippen molar-refractivity contribution in [2.24, 2.45) is 10.8 Å². The van der Waals surface area contributed by atoms with E-state index in [2.05, 4.69) is 38.0 Å². The minimum absolute atomic E-state index is 0.0104. The lowest BCUT2D eigenvalue weighted by Crippen LogP contribution is -2.71. The molecule has 2 aromatic heterocycles. The highest BCUT2D eigenvalue weighted by Crippen LogP contribution is 2.70. The second-order valence-electron chi connectivity index (χ2n) is 15.8. The van der Waals surface area contributed by atoms with Gasteiger partial charge in [0.15, 0.2) is 5.82 Å². The number of anilines is 1. The first-order valence-electron chi connectivity index (χ1n) is 15.6. The smallest absolute Gasteiger partial charge is 0.233 e. The van der Waals surface area contributed by atoms with Crippen LogP contribution in [0.15, 0.2) is 33.3 Å². The maximum Gasteiger partial charge on any atom is 0.233 e. The van der Waals surface area contributed by atoms with Crippen LogP contribution in [0.2, 0.25) is 0 Å². The molecule has 10 rings (SSSR count). The van der Waals surface area contributed by atoms with Crippen LogP contribution in [0.4, 0.5) is 10.1 Å². The molecule has 7 saturated carbocycles. The van der Waals surface area contributed by atoms with Gasteiger partial charge in [-0.05, 0) is 88.2 Å². The second-order valence-corrected chi connectivity index (χ2v) is 15.8. The van der Waals surface area contributed by atoms with Crippen molar-refractivity contribution in [1.82, 2.24) is 20.3 Å². The summed E-state index contributed by atoms with van der Waals surface area (Å²) in [6.07, 6.45) is 9.15. The van der Waals surface area contributed by atoms with Gasteiger partial charge in [-0.15, -0.1) is 0 Å². The standard InChI is InChI=1S/C33H40FN5O3/c1-28(2,3)25-36-24(38-41-25)31-13-10-30(11-14-31,12-15-31)20-39(27(40)32-17-33(34,18-32)19-32)22-7-5-6-21(16-22)23-35-26(42-37-23)29(4)8-9-29/h5-7,16H,8-15,17-20H2,1-4H3. The molecule has 4 bridgehead atoms. The van der Waals surface area contributed by atoms with E-state index in [1.165, 1.54) is 0 Å². The van der Waals surface area contributed by atoms with Gasteiger partial charge in [-0.2, -0.15) is 9.97 Å². The lowest BCUT2D eigenvalue weighted by molar-refractivity contribution is -0.211. The lowest BCUT2D eigenvalue weighted by atomic mass is 9.41. The van der Waals surface area contributed by atoms with Gasteiger partial charge >= 0.3 is 0 Å². The van der Waals surface area contributed by atoms with Crippen LogP contribution in [0.5, 0.6) is 0 Å². The van der Waals surface area contributed by atoms with Crippen molar-refractivity contribution in [2.45, 2.75) is 120 Å². The average molecular weight is 574 g/mol. The number of fused-ring (bicyclic) bond motifs is 3. The fourth-order valence-electron chi connectivity index (χ4n) is 8.17. The number of hydrogen-bond acceptors (Lipinski definition) is 7. The minimum atomic E-state index is -1.13. The fourth-order valence-corrected chi connectivity index (χ4v) is 8.17. The number of halogens is 1. The summed E-state index contributed by atoms with van der Waals surface area (Å²) in [6, 6.07) is 7.95. The first kappa shape index (κ1) is 26.5. The molecule has 0 radical (unpaired) electrons. The molecule has 2 heterocycles. The van der Waals surface area contributed by atoms with Crippen molar-refractivity contribution in [3.05, 3.63) is 41.9 Å². The Morgan fingerprint density at radius 1 is 0.952 bits per heavy atom. The van der Waals surface area contributed by atoms with E-state index in [0.717, 1.165) is 68.4 Å². The van der Waals surface area contributed by atoms with Gasteiger partial charge in [-0.3, -0.25) is 4.79 Å². The number of benzene rings is 1. The normalized spacial score (nSPS) is 34.0. The predicted octanol–water partition coefficient (Wildman–Crippen LogP) is 6.99. The third-order valence-corrected chi connectivity index (χ3v) is 11.5. The Balaban J connectivity index is 1.07. The Labute approximate surface area is 245 Å². The van der Waals surface area contributed by atoms with Gasteiger partial charge in [-0.25, -0.2) is 4.39 Å². The maximum atomic E-state index is 14.6. The summed E-state index contributed by atoms with van der Waals surface area (Å²) >= 11 is 0. The number of hydrogen-bond donors (Lipinski definition) is 0. The molecular weight excluding hydrogens is 533 g/mol.